The van der Waals surface area contributed by atoms with Crippen LogP contribution in [0.3, 0.4) is 0 Å². The Kier molecular flexibility index (Phi) is 10.2. The fourth-order valence-corrected chi connectivity index (χ4v) is 6.71. The molecule has 2 saturated heterocycles. The average molecular weight is 623 g/mol. The Hall–Kier alpha value is -3.27. The third-order valence-corrected chi connectivity index (χ3v) is 8.97. The molecule has 0 spiro atoms. The number of halogens is 5. The van der Waals surface area contributed by atoms with E-state index >= 15 is 0 Å². The van der Waals surface area contributed by atoms with Gasteiger partial charge in [0.15, 0.2) is 0 Å². The first-order chi connectivity index (χ1) is 20.8. The van der Waals surface area contributed by atoms with Crippen LogP contribution in [0, 0.1) is 17.7 Å². The van der Waals surface area contributed by atoms with Crippen molar-refractivity contribution < 1.29 is 31.4 Å². The van der Waals surface area contributed by atoms with Gasteiger partial charge in [0.25, 0.3) is 0 Å². The van der Waals surface area contributed by atoms with Gasteiger partial charge in [0.1, 0.15) is 11.6 Å². The van der Waals surface area contributed by atoms with Crippen LogP contribution in [0.5, 0.6) is 5.75 Å². The van der Waals surface area contributed by atoms with Crippen LogP contribution in [0.1, 0.15) is 30.2 Å². The number of nitrogens with zero attached hydrogens (tertiary/aromatic N) is 2. The molecule has 2 aliphatic heterocycles. The summed E-state index contributed by atoms with van der Waals surface area (Å²) in [6.45, 7) is 5.89. The summed E-state index contributed by atoms with van der Waals surface area (Å²) in [7, 11) is 0. The summed E-state index contributed by atoms with van der Waals surface area (Å²) >= 11 is 1.24. The Bertz CT molecular complexity index is 1450. The first-order valence-electron chi connectivity index (χ1n) is 14.4. The molecule has 0 amide bonds. The summed E-state index contributed by atoms with van der Waals surface area (Å²) in [5.74, 6) is 5.39. The number of hydrogen-bond donors (Lipinski definition) is 2. The van der Waals surface area contributed by atoms with Crippen molar-refractivity contribution in [1.82, 2.24) is 4.90 Å². The van der Waals surface area contributed by atoms with Crippen LogP contribution in [-0.4, -0.2) is 76.5 Å². The van der Waals surface area contributed by atoms with Crippen molar-refractivity contribution in [3.8, 4) is 17.6 Å². The Morgan fingerprint density at radius 3 is 2.56 bits per heavy atom. The smallest absolute Gasteiger partial charge is 0.393 e. The Morgan fingerprint density at radius 1 is 1.09 bits per heavy atom. The van der Waals surface area contributed by atoms with Crippen LogP contribution in [-0.2, 0) is 11.2 Å². The van der Waals surface area contributed by atoms with Gasteiger partial charge in [-0.05, 0) is 36.4 Å². The first-order valence-corrected chi connectivity index (χ1v) is 15.2. The molecule has 43 heavy (non-hydrogen) atoms. The number of morpholine rings is 1. The number of piperidine rings is 1. The third kappa shape index (κ3) is 7.82. The summed E-state index contributed by atoms with van der Waals surface area (Å²) in [4.78, 5) is 4.51. The molecule has 5 rings (SSSR count). The molecule has 3 heterocycles. The van der Waals surface area contributed by atoms with Gasteiger partial charge in [-0.2, -0.15) is 13.2 Å². The number of alkyl halides is 4. The zero-order valence-electron chi connectivity index (χ0n) is 24.0. The van der Waals surface area contributed by atoms with Crippen LogP contribution < -0.4 is 20.3 Å². The highest BCUT2D eigenvalue weighted by Gasteiger charge is 2.31. The van der Waals surface area contributed by atoms with E-state index in [9.17, 15) is 22.0 Å². The van der Waals surface area contributed by atoms with Crippen molar-refractivity contribution in [2.24, 2.45) is 0 Å². The summed E-state index contributed by atoms with van der Waals surface area (Å²) in [6.07, 6.45) is -3.57. The lowest BCUT2D eigenvalue weighted by Gasteiger charge is -2.32. The van der Waals surface area contributed by atoms with Crippen molar-refractivity contribution in [2.45, 2.75) is 38.4 Å². The fraction of sp³-hybridized carbons (Fsp3) is 0.484. The number of thiophene rings is 1. The number of anilines is 3. The lowest BCUT2D eigenvalue weighted by Crippen LogP contribution is -2.38. The predicted molar refractivity (Wildman–Crippen MR) is 162 cm³/mol. The normalized spacial score (nSPS) is 16.7. The zero-order chi connectivity index (χ0) is 30.4. The number of fused-ring (bicyclic) bond motifs is 1. The summed E-state index contributed by atoms with van der Waals surface area (Å²) in [5.41, 5.74) is 1.45. The lowest BCUT2D eigenvalue weighted by molar-refractivity contribution is -0.126. The molecular formula is C31H35F5N4O2S. The molecule has 12 heteroatoms. The molecule has 6 nitrogen and oxygen atoms in total. The minimum absolute atomic E-state index is 0.0141. The topological polar surface area (TPSA) is 49.0 Å². The van der Waals surface area contributed by atoms with E-state index in [1.54, 1.807) is 17.0 Å². The van der Waals surface area contributed by atoms with Gasteiger partial charge in [0, 0.05) is 44.4 Å². The van der Waals surface area contributed by atoms with Crippen LogP contribution in [0.4, 0.5) is 39.0 Å². The van der Waals surface area contributed by atoms with Crippen molar-refractivity contribution in [3.63, 3.8) is 0 Å². The van der Waals surface area contributed by atoms with E-state index in [2.05, 4.69) is 34.3 Å². The van der Waals surface area contributed by atoms with Crippen LogP contribution in [0.15, 0.2) is 30.3 Å². The molecule has 2 aromatic carbocycles. The van der Waals surface area contributed by atoms with E-state index in [0.29, 0.717) is 36.6 Å². The molecule has 0 saturated carbocycles. The van der Waals surface area contributed by atoms with E-state index in [1.807, 2.05) is 6.07 Å². The van der Waals surface area contributed by atoms with Gasteiger partial charge in [-0.1, -0.05) is 30.9 Å². The Balaban J connectivity index is 1.37. The summed E-state index contributed by atoms with van der Waals surface area (Å²) in [6, 6.07) is 8.29. The van der Waals surface area contributed by atoms with E-state index in [1.165, 1.54) is 23.5 Å². The monoisotopic (exact) mass is 622 g/mol. The molecule has 0 unspecified atom stereocenters. The maximum Gasteiger partial charge on any atom is 0.393 e. The van der Waals surface area contributed by atoms with Crippen molar-refractivity contribution in [2.75, 3.05) is 74.9 Å². The van der Waals surface area contributed by atoms with Crippen LogP contribution in [0.25, 0.3) is 10.1 Å². The van der Waals surface area contributed by atoms with E-state index < -0.39 is 25.3 Å². The Labute approximate surface area is 252 Å². The van der Waals surface area contributed by atoms with Crippen molar-refractivity contribution in [1.29, 1.82) is 0 Å². The highest BCUT2D eigenvalue weighted by Crippen LogP contribution is 2.39. The second kappa shape index (κ2) is 14.0. The van der Waals surface area contributed by atoms with E-state index in [0.717, 1.165) is 42.9 Å². The van der Waals surface area contributed by atoms with Crippen molar-refractivity contribution in [3.05, 3.63) is 46.6 Å². The van der Waals surface area contributed by atoms with Gasteiger partial charge < -0.3 is 29.9 Å². The van der Waals surface area contributed by atoms with Gasteiger partial charge in [-0.15, -0.1) is 11.3 Å². The minimum atomic E-state index is -4.41. The summed E-state index contributed by atoms with van der Waals surface area (Å²) in [5, 5.41) is 7.03. The van der Waals surface area contributed by atoms with Crippen LogP contribution >= 0.6 is 11.3 Å². The molecule has 2 N–H and O–H groups in total. The fourth-order valence-electron chi connectivity index (χ4n) is 5.54. The molecule has 0 aliphatic carbocycles. The predicted octanol–water partition coefficient (Wildman–Crippen LogP) is 6.65. The maximum absolute atomic E-state index is 15.0. The average Bonchev–Trinajstić information content (AvgIpc) is 3.34. The van der Waals surface area contributed by atoms with Gasteiger partial charge in [0.2, 0.25) is 6.86 Å². The number of hydrogen-bond acceptors (Lipinski definition) is 7. The number of likely N-dealkylation sites (tertiary alicyclic amines) is 1. The molecule has 0 radical (unpaired) electrons. The number of rotatable bonds is 9. The van der Waals surface area contributed by atoms with Crippen LogP contribution in [0.2, 0.25) is 0 Å². The van der Waals surface area contributed by atoms with Gasteiger partial charge in [-0.3, -0.25) is 0 Å². The quantitative estimate of drug-likeness (QED) is 0.206. The number of ether oxygens (including phenoxy) is 2. The minimum Gasteiger partial charge on any atom is -0.461 e. The van der Waals surface area contributed by atoms with Crippen molar-refractivity contribution >= 4 is 38.5 Å². The lowest BCUT2D eigenvalue weighted by atomic mass is 10.0. The SMILES string of the molecule is CCN1CCC(Nc2cccc3c(CC(F)(F)F)c(C#CCNc4cc(F)c(N5CCOCC5)cc4OCF)sc23)CC1. The van der Waals surface area contributed by atoms with E-state index in [-0.39, 0.29) is 35.3 Å². The zero-order valence-corrected chi connectivity index (χ0v) is 24.8. The molecule has 2 fully saturated rings. The third-order valence-electron chi connectivity index (χ3n) is 7.77. The molecule has 0 atom stereocenters. The highest BCUT2D eigenvalue weighted by molar-refractivity contribution is 7.20. The number of nitrogens with one attached hydrogen (secondary N) is 2. The summed E-state index contributed by atoms with van der Waals surface area (Å²) < 4.78 is 80.2. The molecule has 0 bridgehead atoms. The standard InChI is InChI=1S/C31H35F5N4O2S/c1-2-39-11-8-21(9-12-39)38-25-6-3-5-22-23(19-31(34,35)36)29(43-30(22)25)7-4-10-37-26-17-24(33)27(18-28(26)42-20-32)40-13-15-41-16-14-40/h3,5-6,17-18,21,37-38H,2,8-16,19-20H2,1H3. The van der Waals surface area contributed by atoms with Gasteiger partial charge in [0.05, 0.1) is 52.8 Å². The second-order valence-corrected chi connectivity index (χ2v) is 11.6. The maximum atomic E-state index is 15.0. The second-order valence-electron chi connectivity index (χ2n) is 10.5. The van der Waals surface area contributed by atoms with Gasteiger partial charge in [-0.25, -0.2) is 8.78 Å². The highest BCUT2D eigenvalue weighted by atomic mass is 32.1. The molecule has 1 aromatic heterocycles. The Morgan fingerprint density at radius 2 is 1.86 bits per heavy atom. The van der Waals surface area contributed by atoms with Gasteiger partial charge >= 0.3 is 6.18 Å². The molecule has 232 valence electrons. The molecule has 2 aliphatic rings. The molecular weight excluding hydrogens is 587 g/mol. The molecule has 3 aromatic rings. The number of benzene rings is 2. The van der Waals surface area contributed by atoms with E-state index in [4.69, 9.17) is 9.47 Å². The largest absolute Gasteiger partial charge is 0.461 e. The first kappa shape index (κ1) is 31.2.